The lowest BCUT2D eigenvalue weighted by atomic mass is 10.1. The molecule has 0 unspecified atom stereocenters. The van der Waals surface area contributed by atoms with E-state index in [4.69, 9.17) is 0 Å². The monoisotopic (exact) mass is 175 g/mol. The fourth-order valence-corrected chi connectivity index (χ4v) is 0.612. The highest BCUT2D eigenvalue weighted by Crippen LogP contribution is 2.04. The van der Waals surface area contributed by atoms with Crippen molar-refractivity contribution in [1.29, 1.82) is 0 Å². The van der Waals surface area contributed by atoms with Gasteiger partial charge in [-0.05, 0) is 20.0 Å². The van der Waals surface area contributed by atoms with Gasteiger partial charge in [0.15, 0.2) is 0 Å². The highest BCUT2D eigenvalue weighted by Gasteiger charge is 1.88. The molecule has 0 saturated carbocycles. The largest absolute Gasteiger partial charge is 0.323 e. The van der Waals surface area contributed by atoms with Crippen LogP contribution in [0.25, 0.3) is 0 Å². The molecule has 0 spiro atoms. The first-order chi connectivity index (χ1) is 5.68. The van der Waals surface area contributed by atoms with Crippen molar-refractivity contribution in [2.45, 2.75) is 53.9 Å². The lowest BCUT2D eigenvalue weighted by Gasteiger charge is -1.98. The summed E-state index contributed by atoms with van der Waals surface area (Å²) in [4.78, 5) is 0. The molecule has 1 heteroatoms. The molecule has 78 valence electrons. The van der Waals surface area contributed by atoms with Crippen LogP contribution in [0.15, 0.2) is 0 Å². The van der Waals surface area contributed by atoms with Crippen molar-refractivity contribution >= 4 is 0 Å². The Morgan fingerprint density at radius 3 is 1.50 bits per heavy atom. The van der Waals surface area contributed by atoms with Gasteiger partial charge in [-0.3, -0.25) is 0 Å². The predicted molar refractivity (Wildman–Crippen MR) is 60.7 cm³/mol. The van der Waals surface area contributed by atoms with Crippen molar-refractivity contribution < 1.29 is 0 Å². The van der Waals surface area contributed by atoms with Crippen LogP contribution in [-0.4, -0.2) is 14.1 Å². The van der Waals surface area contributed by atoms with E-state index >= 15 is 0 Å². The van der Waals surface area contributed by atoms with E-state index < -0.39 is 0 Å². The van der Waals surface area contributed by atoms with Crippen molar-refractivity contribution in [2.24, 2.45) is 5.92 Å². The van der Waals surface area contributed by atoms with Crippen molar-refractivity contribution in [3.05, 3.63) is 0 Å². The Morgan fingerprint density at radius 1 is 1.08 bits per heavy atom. The third-order valence-electron chi connectivity index (χ3n) is 1.14. The topological polar surface area (TPSA) is 12.0 Å². The second-order valence-electron chi connectivity index (χ2n) is 3.04. The van der Waals surface area contributed by atoms with Crippen LogP contribution in [0.2, 0.25) is 0 Å². The summed E-state index contributed by atoms with van der Waals surface area (Å²) in [7, 11) is 3.75. The van der Waals surface area contributed by atoms with Gasteiger partial charge in [-0.15, -0.1) is 0 Å². The minimum absolute atomic E-state index is 0.903. The van der Waals surface area contributed by atoms with Crippen molar-refractivity contribution in [3.63, 3.8) is 0 Å². The van der Waals surface area contributed by atoms with Crippen LogP contribution in [0, 0.1) is 5.92 Å². The first-order valence-corrected chi connectivity index (χ1v) is 5.27. The molecule has 1 N–H and O–H groups in total. The third-order valence-corrected chi connectivity index (χ3v) is 1.14. The molecule has 0 aromatic heterocycles. The Labute approximate surface area is 80.0 Å². The average Bonchev–Trinajstić information content (AvgIpc) is 2.06. The normalized spacial score (nSPS) is 8.00. The van der Waals surface area contributed by atoms with Crippen LogP contribution in [0.5, 0.6) is 0 Å². The van der Waals surface area contributed by atoms with Crippen LogP contribution in [-0.2, 0) is 0 Å². The van der Waals surface area contributed by atoms with E-state index in [1.165, 1.54) is 19.3 Å². The molecule has 0 radical (unpaired) electrons. The van der Waals surface area contributed by atoms with E-state index in [0.717, 1.165) is 5.92 Å². The Kier molecular flexibility index (Phi) is 33.5. The van der Waals surface area contributed by atoms with E-state index in [1.54, 1.807) is 0 Å². The quantitative estimate of drug-likeness (QED) is 0.690. The second-order valence-corrected chi connectivity index (χ2v) is 3.04. The Balaban J connectivity index is -0.000000137. The molecule has 0 aliphatic heterocycles. The number of hydrogen-bond donors (Lipinski definition) is 1. The molecule has 0 amide bonds. The van der Waals surface area contributed by atoms with Crippen LogP contribution in [0.4, 0.5) is 0 Å². The maximum atomic E-state index is 2.75. The van der Waals surface area contributed by atoms with Crippen LogP contribution in [0.3, 0.4) is 0 Å². The lowest BCUT2D eigenvalue weighted by molar-refractivity contribution is 0.550. The van der Waals surface area contributed by atoms with E-state index in [0.29, 0.717) is 0 Å². The van der Waals surface area contributed by atoms with E-state index in [-0.39, 0.29) is 0 Å². The molecule has 0 rings (SSSR count). The molecular formula is C11H29N. The zero-order chi connectivity index (χ0) is 10.4. The molecule has 1 nitrogen and oxygen atoms in total. The molecule has 0 saturated heterocycles. The molecule has 0 heterocycles. The molecule has 12 heavy (non-hydrogen) atoms. The van der Waals surface area contributed by atoms with Gasteiger partial charge in [0.1, 0.15) is 0 Å². The molecule has 0 aliphatic rings. The highest BCUT2D eigenvalue weighted by atomic mass is 14.7. The zero-order valence-corrected chi connectivity index (χ0v) is 10.2. The molecule has 0 aliphatic carbocycles. The molecule has 0 bridgehead atoms. The number of nitrogens with one attached hydrogen (secondary N) is 1. The van der Waals surface area contributed by atoms with Gasteiger partial charge in [-0.2, -0.15) is 0 Å². The fourth-order valence-electron chi connectivity index (χ4n) is 0.612. The second kappa shape index (κ2) is 22.4. The molecule has 0 atom stereocenters. The van der Waals surface area contributed by atoms with Gasteiger partial charge < -0.3 is 5.32 Å². The highest BCUT2D eigenvalue weighted by molar-refractivity contribution is 4.42. The fraction of sp³-hybridized carbons (Fsp3) is 1.00. The molecule has 0 aromatic carbocycles. The van der Waals surface area contributed by atoms with Crippen LogP contribution < -0.4 is 5.32 Å². The number of rotatable bonds is 3. The van der Waals surface area contributed by atoms with Gasteiger partial charge in [-0.1, -0.05) is 53.9 Å². The van der Waals surface area contributed by atoms with Gasteiger partial charge in [0, 0.05) is 0 Å². The smallest absolute Gasteiger partial charge is 0.0167 e. The predicted octanol–water partition coefficient (Wildman–Crippen LogP) is 3.69. The number of unbranched alkanes of at least 4 members (excludes halogenated alkanes) is 1. The molecular weight excluding hydrogens is 146 g/mol. The summed E-state index contributed by atoms with van der Waals surface area (Å²) in [5.41, 5.74) is 0. The van der Waals surface area contributed by atoms with Gasteiger partial charge in [0.05, 0.1) is 0 Å². The van der Waals surface area contributed by atoms with Crippen molar-refractivity contribution in [2.75, 3.05) is 14.1 Å². The summed E-state index contributed by atoms with van der Waals surface area (Å²) in [6.45, 7) is 10.8. The van der Waals surface area contributed by atoms with Gasteiger partial charge in [0.25, 0.3) is 0 Å². The summed E-state index contributed by atoms with van der Waals surface area (Å²) < 4.78 is 0. The Hall–Kier alpha value is -0.0400. The minimum atomic E-state index is 0.903. The Morgan fingerprint density at radius 2 is 1.42 bits per heavy atom. The van der Waals surface area contributed by atoms with E-state index in [9.17, 15) is 0 Å². The standard InChI is InChI=1S/C7H16.C2H7N.C2H6/c1-4-5-6-7(2)3;1-3-2;1-2/h7H,4-6H2,1-3H3;3H,1-2H3;1-2H3. The van der Waals surface area contributed by atoms with E-state index in [1.807, 2.05) is 27.9 Å². The van der Waals surface area contributed by atoms with Crippen molar-refractivity contribution in [1.82, 2.24) is 5.32 Å². The third kappa shape index (κ3) is 51.0. The maximum absolute atomic E-state index is 2.75. The lowest BCUT2D eigenvalue weighted by Crippen LogP contribution is -1.89. The van der Waals surface area contributed by atoms with Gasteiger partial charge in [-0.25, -0.2) is 0 Å². The van der Waals surface area contributed by atoms with Gasteiger partial charge in [0.2, 0.25) is 0 Å². The average molecular weight is 175 g/mol. The zero-order valence-electron chi connectivity index (χ0n) is 10.2. The minimum Gasteiger partial charge on any atom is -0.323 e. The summed E-state index contributed by atoms with van der Waals surface area (Å²) in [6.07, 6.45) is 4.15. The first-order valence-electron chi connectivity index (χ1n) is 5.27. The van der Waals surface area contributed by atoms with Gasteiger partial charge >= 0.3 is 0 Å². The summed E-state index contributed by atoms with van der Waals surface area (Å²) in [5, 5.41) is 2.75. The summed E-state index contributed by atoms with van der Waals surface area (Å²) in [5.74, 6) is 0.903. The summed E-state index contributed by atoms with van der Waals surface area (Å²) >= 11 is 0. The SMILES string of the molecule is CC.CCCCC(C)C.CNC. The van der Waals surface area contributed by atoms with Crippen LogP contribution >= 0.6 is 0 Å². The Bertz CT molecular complexity index is 42.3. The molecule has 0 fully saturated rings. The van der Waals surface area contributed by atoms with E-state index in [2.05, 4.69) is 26.1 Å². The maximum Gasteiger partial charge on any atom is -0.0167 e. The number of hydrogen-bond acceptors (Lipinski definition) is 1. The summed E-state index contributed by atoms with van der Waals surface area (Å²) in [6, 6.07) is 0. The van der Waals surface area contributed by atoms with Crippen molar-refractivity contribution in [3.8, 4) is 0 Å². The first kappa shape index (κ1) is 17.9. The van der Waals surface area contributed by atoms with Crippen LogP contribution in [0.1, 0.15) is 53.9 Å². The molecule has 0 aromatic rings.